The van der Waals surface area contributed by atoms with Crippen molar-refractivity contribution in [3.63, 3.8) is 0 Å². The molecule has 0 atom stereocenters. The van der Waals surface area contributed by atoms with Crippen LogP contribution >= 0.6 is 0 Å². The highest BCUT2D eigenvalue weighted by Crippen LogP contribution is 2.33. The Morgan fingerprint density at radius 1 is 1.12 bits per heavy atom. The first-order valence-electron chi connectivity index (χ1n) is 7.98. The van der Waals surface area contributed by atoms with Crippen molar-refractivity contribution in [1.82, 2.24) is 0 Å². The second kappa shape index (κ2) is 6.93. The smallest absolute Gasteiger partial charge is 0.180 e. The molecule has 0 saturated heterocycles. The summed E-state index contributed by atoms with van der Waals surface area (Å²) in [5, 5.41) is -0.486. The molecule has 0 unspecified atom stereocenters. The van der Waals surface area contributed by atoms with Gasteiger partial charge in [0.1, 0.15) is 17.3 Å². The van der Waals surface area contributed by atoms with Crippen molar-refractivity contribution in [3.05, 3.63) is 52.8 Å². The van der Waals surface area contributed by atoms with Crippen molar-refractivity contribution in [3.8, 4) is 11.5 Å². The standard InChI is InChI=1S/C19H23FO3S/c1-6-17-14(5)18(7-8-19(17)24(21,22)12(2)3)23-16-10-13(4)9-15(20)11-16/h7-12H,6H2,1-5H3. The number of benzene rings is 2. The van der Waals surface area contributed by atoms with Crippen molar-refractivity contribution in [2.75, 3.05) is 0 Å². The van der Waals surface area contributed by atoms with Crippen LogP contribution in [0.15, 0.2) is 35.2 Å². The van der Waals surface area contributed by atoms with Crippen molar-refractivity contribution in [2.45, 2.75) is 51.2 Å². The van der Waals surface area contributed by atoms with E-state index in [1.54, 1.807) is 39.0 Å². The van der Waals surface area contributed by atoms with Crippen LogP contribution in [0.5, 0.6) is 11.5 Å². The fourth-order valence-electron chi connectivity index (χ4n) is 2.67. The first kappa shape index (κ1) is 18.5. The lowest BCUT2D eigenvalue weighted by atomic mass is 10.1. The third-order valence-corrected chi connectivity index (χ3v) is 6.27. The number of rotatable bonds is 5. The summed E-state index contributed by atoms with van der Waals surface area (Å²) in [5.41, 5.74) is 2.27. The minimum atomic E-state index is -3.36. The molecule has 0 aliphatic carbocycles. The topological polar surface area (TPSA) is 43.4 Å². The molecule has 2 rings (SSSR count). The molecule has 0 amide bonds. The Labute approximate surface area is 143 Å². The zero-order valence-corrected chi connectivity index (χ0v) is 15.5. The van der Waals surface area contributed by atoms with Gasteiger partial charge >= 0.3 is 0 Å². The Kier molecular flexibility index (Phi) is 5.33. The summed E-state index contributed by atoms with van der Waals surface area (Å²) in [5.74, 6) is 0.578. The predicted octanol–water partition coefficient (Wildman–Crippen LogP) is 4.98. The highest BCUT2D eigenvalue weighted by molar-refractivity contribution is 7.92. The van der Waals surface area contributed by atoms with E-state index in [-0.39, 0.29) is 5.82 Å². The summed E-state index contributed by atoms with van der Waals surface area (Å²) >= 11 is 0. The Hall–Kier alpha value is -1.88. The van der Waals surface area contributed by atoms with Gasteiger partial charge in [-0.25, -0.2) is 12.8 Å². The minimum absolute atomic E-state index is 0.347. The molecule has 2 aromatic rings. The third-order valence-electron chi connectivity index (χ3n) is 4.03. The first-order chi connectivity index (χ1) is 11.2. The predicted molar refractivity (Wildman–Crippen MR) is 94.1 cm³/mol. The molecule has 0 saturated carbocycles. The van der Waals surface area contributed by atoms with Crippen molar-refractivity contribution in [2.24, 2.45) is 0 Å². The van der Waals surface area contributed by atoms with Gasteiger partial charge in [-0.3, -0.25) is 0 Å². The first-order valence-corrected chi connectivity index (χ1v) is 9.52. The third kappa shape index (κ3) is 3.61. The van der Waals surface area contributed by atoms with E-state index in [2.05, 4.69) is 0 Å². The molecule has 5 heteroatoms. The molecule has 24 heavy (non-hydrogen) atoms. The Balaban J connectivity index is 2.51. The van der Waals surface area contributed by atoms with Crippen molar-refractivity contribution in [1.29, 1.82) is 0 Å². The van der Waals surface area contributed by atoms with Crippen LogP contribution in [0.2, 0.25) is 0 Å². The van der Waals surface area contributed by atoms with Gasteiger partial charge in [0.25, 0.3) is 0 Å². The van der Waals surface area contributed by atoms with E-state index in [0.717, 1.165) is 16.7 Å². The van der Waals surface area contributed by atoms with Gasteiger partial charge in [0.05, 0.1) is 10.1 Å². The average Bonchev–Trinajstić information content (AvgIpc) is 2.47. The van der Waals surface area contributed by atoms with Gasteiger partial charge in [0.15, 0.2) is 9.84 Å². The van der Waals surface area contributed by atoms with Gasteiger partial charge in [-0.2, -0.15) is 0 Å². The lowest BCUT2D eigenvalue weighted by molar-refractivity contribution is 0.471. The second-order valence-electron chi connectivity index (χ2n) is 6.18. The summed E-state index contributed by atoms with van der Waals surface area (Å²) < 4.78 is 44.4. The van der Waals surface area contributed by atoms with Gasteiger partial charge in [0.2, 0.25) is 0 Å². The number of sulfone groups is 1. The molecule has 2 aromatic carbocycles. The van der Waals surface area contributed by atoms with Gasteiger partial charge in [-0.15, -0.1) is 0 Å². The van der Waals surface area contributed by atoms with Crippen LogP contribution < -0.4 is 4.74 Å². The monoisotopic (exact) mass is 350 g/mol. The highest BCUT2D eigenvalue weighted by Gasteiger charge is 2.24. The maximum atomic E-state index is 13.5. The van der Waals surface area contributed by atoms with E-state index in [1.807, 2.05) is 13.8 Å². The molecule has 130 valence electrons. The Morgan fingerprint density at radius 3 is 2.33 bits per heavy atom. The molecular weight excluding hydrogens is 327 g/mol. The van der Waals surface area contributed by atoms with Crippen LogP contribution in [-0.2, 0) is 16.3 Å². The lowest BCUT2D eigenvalue weighted by Crippen LogP contribution is -2.16. The molecule has 0 aromatic heterocycles. The van der Waals surface area contributed by atoms with E-state index >= 15 is 0 Å². The summed E-state index contributed by atoms with van der Waals surface area (Å²) in [6.07, 6.45) is 0.576. The SMILES string of the molecule is CCc1c(S(=O)(=O)C(C)C)ccc(Oc2cc(C)cc(F)c2)c1C. The molecule has 0 bridgehead atoms. The number of hydrogen-bond donors (Lipinski definition) is 0. The van der Waals surface area contributed by atoms with Crippen molar-refractivity contribution < 1.29 is 17.5 Å². The average molecular weight is 350 g/mol. The quantitative estimate of drug-likeness (QED) is 0.764. The fourth-order valence-corrected chi connectivity index (χ4v) is 4.08. The fraction of sp³-hybridized carbons (Fsp3) is 0.368. The van der Waals surface area contributed by atoms with Gasteiger partial charge in [-0.1, -0.05) is 6.92 Å². The lowest BCUT2D eigenvalue weighted by Gasteiger charge is -2.17. The van der Waals surface area contributed by atoms with E-state index in [4.69, 9.17) is 4.74 Å². The number of aryl methyl sites for hydroxylation is 1. The molecule has 0 radical (unpaired) electrons. The van der Waals surface area contributed by atoms with E-state index < -0.39 is 15.1 Å². The number of hydrogen-bond acceptors (Lipinski definition) is 3. The molecule has 0 N–H and O–H groups in total. The zero-order chi connectivity index (χ0) is 18.1. The Bertz CT molecular complexity index is 835. The second-order valence-corrected chi connectivity index (χ2v) is 8.65. The van der Waals surface area contributed by atoms with E-state index in [0.29, 0.717) is 22.8 Å². The summed E-state index contributed by atoms with van der Waals surface area (Å²) in [7, 11) is -3.36. The molecule has 0 heterocycles. The molecular formula is C19H23FO3S. The molecule has 0 aliphatic rings. The van der Waals surface area contributed by atoms with Crippen LogP contribution in [0.3, 0.4) is 0 Å². The van der Waals surface area contributed by atoms with Gasteiger partial charge in [-0.05, 0) is 75.1 Å². The van der Waals surface area contributed by atoms with Crippen LogP contribution in [0, 0.1) is 19.7 Å². The van der Waals surface area contributed by atoms with Gasteiger partial charge < -0.3 is 4.74 Å². The maximum absolute atomic E-state index is 13.5. The molecule has 0 aliphatic heterocycles. The summed E-state index contributed by atoms with van der Waals surface area (Å²) in [4.78, 5) is 0.347. The molecule has 0 fully saturated rings. The normalized spacial score (nSPS) is 11.8. The van der Waals surface area contributed by atoms with Crippen LogP contribution in [0.25, 0.3) is 0 Å². The van der Waals surface area contributed by atoms with Crippen LogP contribution in [0.4, 0.5) is 4.39 Å². The van der Waals surface area contributed by atoms with Crippen LogP contribution in [-0.4, -0.2) is 13.7 Å². The largest absolute Gasteiger partial charge is 0.457 e. The molecule has 0 spiro atoms. The summed E-state index contributed by atoms with van der Waals surface area (Å²) in [6, 6.07) is 7.71. The van der Waals surface area contributed by atoms with Crippen LogP contribution in [0.1, 0.15) is 37.5 Å². The highest BCUT2D eigenvalue weighted by atomic mass is 32.2. The Morgan fingerprint density at radius 2 is 1.79 bits per heavy atom. The number of halogens is 1. The maximum Gasteiger partial charge on any atom is 0.180 e. The van der Waals surface area contributed by atoms with Gasteiger partial charge in [0, 0.05) is 6.07 Å². The summed E-state index contributed by atoms with van der Waals surface area (Å²) in [6.45, 7) is 8.88. The zero-order valence-electron chi connectivity index (χ0n) is 14.7. The number of ether oxygens (including phenoxy) is 1. The minimum Gasteiger partial charge on any atom is -0.457 e. The van der Waals surface area contributed by atoms with Crippen molar-refractivity contribution >= 4 is 9.84 Å². The molecule has 3 nitrogen and oxygen atoms in total. The van der Waals surface area contributed by atoms with E-state index in [9.17, 15) is 12.8 Å². The van der Waals surface area contributed by atoms with E-state index in [1.165, 1.54) is 12.1 Å².